The Balaban J connectivity index is 2.10. The maximum absolute atomic E-state index is 11.9. The second kappa shape index (κ2) is 6.19. The van der Waals surface area contributed by atoms with E-state index in [1.54, 1.807) is 30.3 Å². The number of carboxylic acid groups (broad SMARTS) is 1. The van der Waals surface area contributed by atoms with E-state index in [9.17, 15) is 14.4 Å². The van der Waals surface area contributed by atoms with E-state index >= 15 is 0 Å². The molecule has 1 atom stereocenters. The molecule has 21 heavy (non-hydrogen) atoms. The van der Waals surface area contributed by atoms with Crippen LogP contribution < -0.4 is 10.9 Å². The van der Waals surface area contributed by atoms with Crippen molar-refractivity contribution in [2.24, 2.45) is 0 Å². The average molecular weight is 290 g/mol. The zero-order chi connectivity index (χ0) is 15.4. The highest BCUT2D eigenvalue weighted by atomic mass is 16.4. The lowest BCUT2D eigenvalue weighted by Crippen LogP contribution is -2.31. The highest BCUT2D eigenvalue weighted by Gasteiger charge is 2.14. The van der Waals surface area contributed by atoms with Crippen LogP contribution in [-0.2, 0) is 4.79 Å². The summed E-state index contributed by atoms with van der Waals surface area (Å²) in [7, 11) is 0. The number of aliphatic hydroxyl groups excluding tert-OH is 1. The lowest BCUT2D eigenvalue weighted by Gasteiger charge is -2.08. The number of H-pyrrole nitrogens is 1. The van der Waals surface area contributed by atoms with Crippen molar-refractivity contribution >= 4 is 22.6 Å². The fourth-order valence-electron chi connectivity index (χ4n) is 1.87. The normalized spacial score (nSPS) is 12.0. The summed E-state index contributed by atoms with van der Waals surface area (Å²) in [4.78, 5) is 36.6. The Hall–Kier alpha value is -2.67. The molecule has 0 saturated carbocycles. The molecule has 1 heterocycles. The van der Waals surface area contributed by atoms with E-state index in [2.05, 4.69) is 10.3 Å². The third-order valence-corrected chi connectivity index (χ3v) is 2.99. The van der Waals surface area contributed by atoms with E-state index in [1.165, 1.54) is 0 Å². The predicted octanol–water partition coefficient (Wildman–Crippen LogP) is 0.0935. The van der Waals surface area contributed by atoms with Crippen LogP contribution in [0.15, 0.2) is 35.1 Å². The van der Waals surface area contributed by atoms with Gasteiger partial charge in [0, 0.05) is 18.4 Å². The average Bonchev–Trinajstić information content (AvgIpc) is 2.46. The fourth-order valence-corrected chi connectivity index (χ4v) is 1.87. The summed E-state index contributed by atoms with van der Waals surface area (Å²) in [5.41, 5.74) is -0.285. The van der Waals surface area contributed by atoms with Crippen molar-refractivity contribution in [2.45, 2.75) is 12.5 Å². The summed E-state index contributed by atoms with van der Waals surface area (Å²) in [6.07, 6.45) is -1.64. The van der Waals surface area contributed by atoms with E-state index in [1.807, 2.05) is 0 Å². The summed E-state index contributed by atoms with van der Waals surface area (Å²) in [5.74, 6) is -1.88. The van der Waals surface area contributed by atoms with Gasteiger partial charge in [-0.3, -0.25) is 9.59 Å². The summed E-state index contributed by atoms with van der Waals surface area (Å²) < 4.78 is 0. The minimum Gasteiger partial charge on any atom is -0.479 e. The number of pyridine rings is 1. The first-order valence-electron chi connectivity index (χ1n) is 6.30. The number of hydrogen-bond donors (Lipinski definition) is 4. The Morgan fingerprint density at radius 3 is 2.71 bits per heavy atom. The Morgan fingerprint density at radius 2 is 2.00 bits per heavy atom. The standard InChI is InChI=1S/C14H14N2O5/c17-11(14(20)21)5-6-15-13(19)10-7-8-3-1-2-4-9(8)12(18)16-10/h1-4,7,11,17H,5-6H2,(H,15,19)(H,16,18)(H,20,21). The van der Waals surface area contributed by atoms with Gasteiger partial charge in [0.25, 0.3) is 11.5 Å². The molecule has 1 amide bonds. The number of benzene rings is 1. The molecule has 110 valence electrons. The SMILES string of the molecule is O=C(NCCC(O)C(=O)O)c1cc2ccccc2c(=O)[nH]1. The second-order valence-electron chi connectivity index (χ2n) is 4.50. The van der Waals surface area contributed by atoms with Crippen LogP contribution in [0.5, 0.6) is 0 Å². The Bertz CT molecular complexity index is 737. The maximum atomic E-state index is 11.9. The number of fused-ring (bicyclic) bond motifs is 1. The smallest absolute Gasteiger partial charge is 0.332 e. The maximum Gasteiger partial charge on any atom is 0.332 e. The van der Waals surface area contributed by atoms with Crippen molar-refractivity contribution < 1.29 is 19.8 Å². The van der Waals surface area contributed by atoms with E-state index in [0.717, 1.165) is 0 Å². The number of aliphatic carboxylic acids is 1. The first-order chi connectivity index (χ1) is 9.99. The monoisotopic (exact) mass is 290 g/mol. The number of carbonyl (C=O) groups excluding carboxylic acids is 1. The molecule has 1 unspecified atom stereocenters. The minimum absolute atomic E-state index is 0.0127. The van der Waals surface area contributed by atoms with E-state index < -0.39 is 18.0 Å². The lowest BCUT2D eigenvalue weighted by atomic mass is 10.1. The molecule has 0 aliphatic carbocycles. The van der Waals surface area contributed by atoms with Gasteiger partial charge in [-0.15, -0.1) is 0 Å². The number of nitrogens with one attached hydrogen (secondary N) is 2. The molecule has 0 bridgehead atoms. The first-order valence-corrected chi connectivity index (χ1v) is 6.30. The van der Waals surface area contributed by atoms with Gasteiger partial charge in [-0.1, -0.05) is 18.2 Å². The summed E-state index contributed by atoms with van der Waals surface area (Å²) in [5, 5.41) is 21.2. The molecule has 0 aliphatic heterocycles. The summed E-state index contributed by atoms with van der Waals surface area (Å²) in [6, 6.07) is 8.39. The van der Waals surface area contributed by atoms with Gasteiger partial charge in [-0.25, -0.2) is 4.79 Å². The molecule has 1 aromatic carbocycles. The van der Waals surface area contributed by atoms with Gasteiger partial charge in [0.15, 0.2) is 6.10 Å². The number of aromatic amines is 1. The number of amides is 1. The van der Waals surface area contributed by atoms with Crippen molar-refractivity contribution in [1.82, 2.24) is 10.3 Å². The molecule has 2 aromatic rings. The molecule has 4 N–H and O–H groups in total. The van der Waals surface area contributed by atoms with Gasteiger partial charge >= 0.3 is 5.97 Å². The van der Waals surface area contributed by atoms with E-state index in [4.69, 9.17) is 10.2 Å². The Labute approximate surface area is 119 Å². The molecule has 0 saturated heterocycles. The van der Waals surface area contributed by atoms with Crippen LogP contribution >= 0.6 is 0 Å². The van der Waals surface area contributed by atoms with Crippen LogP contribution in [0.25, 0.3) is 10.8 Å². The van der Waals surface area contributed by atoms with Crippen LogP contribution in [-0.4, -0.2) is 39.7 Å². The van der Waals surface area contributed by atoms with Crippen molar-refractivity contribution in [3.63, 3.8) is 0 Å². The Morgan fingerprint density at radius 1 is 1.29 bits per heavy atom. The van der Waals surface area contributed by atoms with Crippen LogP contribution in [0.4, 0.5) is 0 Å². The van der Waals surface area contributed by atoms with E-state index in [0.29, 0.717) is 10.8 Å². The van der Waals surface area contributed by atoms with Gasteiger partial charge in [-0.05, 0) is 17.5 Å². The molecule has 7 heteroatoms. The topological polar surface area (TPSA) is 119 Å². The van der Waals surface area contributed by atoms with Crippen LogP contribution in [0.2, 0.25) is 0 Å². The fraction of sp³-hybridized carbons (Fsp3) is 0.214. The number of carboxylic acids is 1. The molecule has 0 fully saturated rings. The molecule has 1 aromatic heterocycles. The highest BCUT2D eigenvalue weighted by Crippen LogP contribution is 2.09. The van der Waals surface area contributed by atoms with Gasteiger partial charge in [0.2, 0.25) is 0 Å². The largest absolute Gasteiger partial charge is 0.479 e. The van der Waals surface area contributed by atoms with E-state index in [-0.39, 0.29) is 24.2 Å². The van der Waals surface area contributed by atoms with Crippen molar-refractivity contribution in [2.75, 3.05) is 6.54 Å². The molecular formula is C14H14N2O5. The third kappa shape index (κ3) is 3.46. The van der Waals surface area contributed by atoms with Gasteiger partial charge in [0.1, 0.15) is 5.69 Å². The lowest BCUT2D eigenvalue weighted by molar-refractivity contribution is -0.146. The quantitative estimate of drug-likeness (QED) is 0.622. The molecule has 7 nitrogen and oxygen atoms in total. The van der Waals surface area contributed by atoms with Crippen molar-refractivity contribution in [3.05, 3.63) is 46.4 Å². The van der Waals surface area contributed by atoms with Crippen molar-refractivity contribution in [1.29, 1.82) is 0 Å². The number of hydrogen-bond acceptors (Lipinski definition) is 4. The van der Waals surface area contributed by atoms with Gasteiger partial charge in [0.05, 0.1) is 0 Å². The van der Waals surface area contributed by atoms with Crippen LogP contribution in [0.3, 0.4) is 0 Å². The number of rotatable bonds is 5. The minimum atomic E-state index is -1.53. The number of aromatic nitrogens is 1. The van der Waals surface area contributed by atoms with Gasteiger partial charge in [-0.2, -0.15) is 0 Å². The van der Waals surface area contributed by atoms with Crippen LogP contribution in [0.1, 0.15) is 16.9 Å². The molecule has 2 rings (SSSR count). The number of aliphatic hydroxyl groups is 1. The first kappa shape index (κ1) is 14.7. The predicted molar refractivity (Wildman–Crippen MR) is 75.2 cm³/mol. The summed E-state index contributed by atoms with van der Waals surface area (Å²) in [6.45, 7) is -0.0127. The van der Waals surface area contributed by atoms with Crippen molar-refractivity contribution in [3.8, 4) is 0 Å². The second-order valence-corrected chi connectivity index (χ2v) is 4.50. The third-order valence-electron chi connectivity index (χ3n) is 2.99. The summed E-state index contributed by atoms with van der Waals surface area (Å²) >= 11 is 0. The highest BCUT2D eigenvalue weighted by molar-refractivity contribution is 5.96. The number of carbonyl (C=O) groups is 2. The molecule has 0 spiro atoms. The van der Waals surface area contributed by atoms with Crippen LogP contribution in [0, 0.1) is 0 Å². The molecule has 0 radical (unpaired) electrons. The van der Waals surface area contributed by atoms with Gasteiger partial charge < -0.3 is 20.5 Å². The molecular weight excluding hydrogens is 276 g/mol. The zero-order valence-electron chi connectivity index (χ0n) is 11.0. The Kier molecular flexibility index (Phi) is 4.34. The zero-order valence-corrected chi connectivity index (χ0v) is 11.0. The molecule has 0 aliphatic rings.